The van der Waals surface area contributed by atoms with Crippen LogP contribution in [0.4, 0.5) is 11.6 Å². The summed E-state index contributed by atoms with van der Waals surface area (Å²) < 4.78 is 3.89. The van der Waals surface area contributed by atoms with Crippen molar-refractivity contribution >= 4 is 28.9 Å². The van der Waals surface area contributed by atoms with Crippen molar-refractivity contribution in [3.8, 4) is 11.4 Å². The fourth-order valence-electron chi connectivity index (χ4n) is 3.81. The molecule has 1 fully saturated rings. The number of hydrogen-bond acceptors (Lipinski definition) is 7. The van der Waals surface area contributed by atoms with Gasteiger partial charge in [0.15, 0.2) is 0 Å². The predicted octanol–water partition coefficient (Wildman–Crippen LogP) is 2.55. The number of nitrogens with one attached hydrogen (secondary N) is 2. The summed E-state index contributed by atoms with van der Waals surface area (Å²) in [5, 5.41) is 11.7. The molecular weight excluding hydrogens is 402 g/mol. The normalized spacial score (nSPS) is 19.3. The Labute approximate surface area is 178 Å². The Morgan fingerprint density at radius 1 is 1.27 bits per heavy atom. The molecule has 154 valence electrons. The number of fused-ring (bicyclic) bond motifs is 1. The van der Waals surface area contributed by atoms with E-state index >= 15 is 0 Å². The molecule has 2 unspecified atom stereocenters. The fraction of sp³-hybridized carbons (Fsp3) is 0.300. The first-order valence-electron chi connectivity index (χ1n) is 9.84. The van der Waals surface area contributed by atoms with Crippen LogP contribution in [0.3, 0.4) is 0 Å². The molecule has 0 aromatic carbocycles. The van der Waals surface area contributed by atoms with Gasteiger partial charge in [-0.05, 0) is 32.0 Å². The minimum absolute atomic E-state index is 0.0273. The van der Waals surface area contributed by atoms with Crippen LogP contribution in [-0.4, -0.2) is 48.3 Å². The molecule has 0 saturated carbocycles. The van der Waals surface area contributed by atoms with Crippen molar-refractivity contribution in [1.82, 2.24) is 34.4 Å². The van der Waals surface area contributed by atoms with E-state index in [9.17, 15) is 0 Å². The zero-order valence-corrected chi connectivity index (χ0v) is 17.2. The lowest BCUT2D eigenvalue weighted by Crippen LogP contribution is -2.47. The molecule has 30 heavy (non-hydrogen) atoms. The van der Waals surface area contributed by atoms with Gasteiger partial charge in [0, 0.05) is 25.0 Å². The molecule has 1 aliphatic heterocycles. The zero-order valence-electron chi connectivity index (χ0n) is 16.5. The van der Waals surface area contributed by atoms with Crippen molar-refractivity contribution in [2.45, 2.75) is 25.4 Å². The molecular formula is C20H22ClN9. The lowest BCUT2D eigenvalue weighted by Gasteiger charge is -2.29. The summed E-state index contributed by atoms with van der Waals surface area (Å²) in [6.07, 6.45) is 8.19. The van der Waals surface area contributed by atoms with Crippen LogP contribution < -0.4 is 16.4 Å². The highest BCUT2D eigenvalue weighted by Crippen LogP contribution is 2.29. The van der Waals surface area contributed by atoms with Gasteiger partial charge in [0.25, 0.3) is 0 Å². The molecule has 0 amide bonds. The molecule has 4 aromatic rings. The zero-order chi connectivity index (χ0) is 20.7. The number of aromatic nitrogens is 6. The average molecular weight is 424 g/mol. The van der Waals surface area contributed by atoms with Gasteiger partial charge in [0.2, 0.25) is 5.95 Å². The number of rotatable bonds is 4. The van der Waals surface area contributed by atoms with E-state index < -0.39 is 0 Å². The smallest absolute Gasteiger partial charge is 0.227 e. The lowest BCUT2D eigenvalue weighted by molar-refractivity contribution is 0.300. The first-order valence-corrected chi connectivity index (χ1v) is 10.2. The highest BCUT2D eigenvalue weighted by molar-refractivity contribution is 6.32. The van der Waals surface area contributed by atoms with Crippen LogP contribution >= 0.6 is 11.6 Å². The third-order valence-corrected chi connectivity index (χ3v) is 5.67. The van der Waals surface area contributed by atoms with Gasteiger partial charge in [0.05, 0.1) is 40.5 Å². The summed E-state index contributed by atoms with van der Waals surface area (Å²) >= 11 is 6.41. The first kappa shape index (κ1) is 19.0. The van der Waals surface area contributed by atoms with Crippen molar-refractivity contribution in [3.63, 3.8) is 0 Å². The van der Waals surface area contributed by atoms with E-state index in [4.69, 9.17) is 17.3 Å². The van der Waals surface area contributed by atoms with Crippen LogP contribution in [0, 0.1) is 6.92 Å². The Kier molecular flexibility index (Phi) is 4.86. The van der Waals surface area contributed by atoms with Crippen molar-refractivity contribution < 1.29 is 0 Å². The van der Waals surface area contributed by atoms with Gasteiger partial charge >= 0.3 is 0 Å². The van der Waals surface area contributed by atoms with Crippen LogP contribution in [0.15, 0.2) is 43.0 Å². The third-order valence-electron chi connectivity index (χ3n) is 5.40. The van der Waals surface area contributed by atoms with E-state index in [-0.39, 0.29) is 12.1 Å². The second-order valence-electron chi connectivity index (χ2n) is 7.42. The van der Waals surface area contributed by atoms with Crippen LogP contribution in [0.5, 0.6) is 0 Å². The number of imidazole rings is 1. The second kappa shape index (κ2) is 7.67. The Morgan fingerprint density at radius 3 is 3.03 bits per heavy atom. The first-order chi connectivity index (χ1) is 14.6. The number of nitrogens with zero attached hydrogens (tertiary/aromatic N) is 6. The fourth-order valence-corrected chi connectivity index (χ4v) is 3.99. The second-order valence-corrected chi connectivity index (χ2v) is 7.83. The number of aryl methyl sites for hydroxylation is 1. The Hall–Kier alpha value is -3.01. The van der Waals surface area contributed by atoms with Crippen LogP contribution in [0.1, 0.15) is 18.2 Å². The SMILES string of the molecule is Cc1nn(C2CCNCC2N)cc1Nc1ncc(Cl)c(-c2cnc3ccccn23)n1. The highest BCUT2D eigenvalue weighted by atomic mass is 35.5. The maximum atomic E-state index is 6.41. The van der Waals surface area contributed by atoms with E-state index in [1.54, 1.807) is 12.4 Å². The van der Waals surface area contributed by atoms with E-state index in [1.807, 2.05) is 46.6 Å². The molecule has 2 atom stereocenters. The van der Waals surface area contributed by atoms with Gasteiger partial charge in [0.1, 0.15) is 11.3 Å². The molecule has 10 heteroatoms. The van der Waals surface area contributed by atoms with Gasteiger partial charge in [-0.15, -0.1) is 0 Å². The topological polar surface area (TPSA) is 111 Å². The van der Waals surface area contributed by atoms with E-state index in [0.717, 1.165) is 42.2 Å². The number of pyridine rings is 1. The molecule has 5 rings (SSSR count). The molecule has 0 aliphatic carbocycles. The summed E-state index contributed by atoms with van der Waals surface area (Å²) in [7, 11) is 0. The molecule has 1 aliphatic rings. The minimum atomic E-state index is 0.0273. The van der Waals surface area contributed by atoms with E-state index in [1.165, 1.54) is 0 Å². The number of piperidine rings is 1. The number of hydrogen-bond donors (Lipinski definition) is 3. The highest BCUT2D eigenvalue weighted by Gasteiger charge is 2.25. The number of anilines is 2. The van der Waals surface area contributed by atoms with Gasteiger partial charge in [-0.2, -0.15) is 5.10 Å². The Balaban J connectivity index is 1.46. The molecule has 0 spiro atoms. The summed E-state index contributed by atoms with van der Waals surface area (Å²) in [6, 6.07) is 6.01. The standard InChI is InChI=1S/C20H22ClN9/c1-12-15(11-30(28-12)16-5-6-23-9-14(16)22)26-20-25-8-13(21)19(27-20)17-10-24-18-4-2-3-7-29(17)18/h2-4,7-8,10-11,14,16,23H,5-6,9,22H2,1H3,(H,25,26,27). The van der Waals surface area contributed by atoms with Crippen LogP contribution in [-0.2, 0) is 0 Å². The molecule has 0 radical (unpaired) electrons. The quantitative estimate of drug-likeness (QED) is 0.462. The molecule has 9 nitrogen and oxygen atoms in total. The summed E-state index contributed by atoms with van der Waals surface area (Å²) in [6.45, 7) is 3.67. The minimum Gasteiger partial charge on any atom is -0.325 e. The third kappa shape index (κ3) is 3.41. The van der Waals surface area contributed by atoms with Gasteiger partial charge in [-0.25, -0.2) is 15.0 Å². The van der Waals surface area contributed by atoms with Gasteiger partial charge in [-0.3, -0.25) is 9.08 Å². The van der Waals surface area contributed by atoms with Crippen LogP contribution in [0.2, 0.25) is 5.02 Å². The Bertz CT molecular complexity index is 1200. The van der Waals surface area contributed by atoms with Crippen LogP contribution in [0.25, 0.3) is 17.0 Å². The summed E-state index contributed by atoms with van der Waals surface area (Å²) in [5.74, 6) is 0.442. The van der Waals surface area contributed by atoms with Gasteiger partial charge < -0.3 is 16.4 Å². The number of halogens is 1. The van der Waals surface area contributed by atoms with Gasteiger partial charge in [-0.1, -0.05) is 17.7 Å². The summed E-state index contributed by atoms with van der Waals surface area (Å²) in [4.78, 5) is 13.4. The number of nitrogens with two attached hydrogens (primary N) is 1. The average Bonchev–Trinajstić information content (AvgIpc) is 3.33. The van der Waals surface area contributed by atoms with Crippen molar-refractivity contribution in [3.05, 3.63) is 53.7 Å². The van der Waals surface area contributed by atoms with E-state index in [2.05, 4.69) is 30.7 Å². The van der Waals surface area contributed by atoms with Crippen molar-refractivity contribution in [2.75, 3.05) is 18.4 Å². The van der Waals surface area contributed by atoms with Crippen molar-refractivity contribution in [1.29, 1.82) is 0 Å². The predicted molar refractivity (Wildman–Crippen MR) is 116 cm³/mol. The molecule has 4 aromatic heterocycles. The molecule has 4 N–H and O–H groups in total. The monoisotopic (exact) mass is 423 g/mol. The molecule has 1 saturated heterocycles. The molecule has 0 bridgehead atoms. The molecule has 5 heterocycles. The van der Waals surface area contributed by atoms with Crippen molar-refractivity contribution in [2.24, 2.45) is 5.73 Å². The largest absolute Gasteiger partial charge is 0.325 e. The summed E-state index contributed by atoms with van der Waals surface area (Å²) in [5.41, 5.74) is 10.2. The van der Waals surface area contributed by atoms with E-state index in [0.29, 0.717) is 16.7 Å². The maximum absolute atomic E-state index is 6.41. The maximum Gasteiger partial charge on any atom is 0.227 e. The lowest BCUT2D eigenvalue weighted by atomic mass is 10.0. The Morgan fingerprint density at radius 2 is 2.17 bits per heavy atom.